The lowest BCUT2D eigenvalue weighted by molar-refractivity contribution is -0.267. The van der Waals surface area contributed by atoms with Crippen molar-refractivity contribution in [3.05, 3.63) is 29.8 Å². The number of aliphatic hydroxyl groups is 1. The van der Waals surface area contributed by atoms with E-state index in [1.54, 1.807) is 0 Å². The molecule has 1 rings (SSSR count). The maximum atomic E-state index is 13.2. The number of carbonyl (C=O) groups excluding carboxylic acids is 2. The molecule has 1 atom stereocenters. The Morgan fingerprint density at radius 3 is 2.33 bits per heavy atom. The van der Waals surface area contributed by atoms with Gasteiger partial charge in [0.2, 0.25) is 5.91 Å². The molecule has 0 saturated carbocycles. The van der Waals surface area contributed by atoms with E-state index in [9.17, 15) is 27.9 Å². The van der Waals surface area contributed by atoms with Crippen molar-refractivity contribution in [3.8, 4) is 0 Å². The third-order valence-electron chi connectivity index (χ3n) is 2.61. The van der Waals surface area contributed by atoms with Gasteiger partial charge in [0.05, 0.1) is 6.61 Å². The molecule has 0 aliphatic carbocycles. The zero-order valence-corrected chi connectivity index (χ0v) is 11.3. The average molecular weight is 305 g/mol. The molecule has 21 heavy (non-hydrogen) atoms. The van der Waals surface area contributed by atoms with Crippen LogP contribution in [0.4, 0.5) is 18.9 Å². The Morgan fingerprint density at radius 2 is 1.86 bits per heavy atom. The minimum atomic E-state index is -5.31. The summed E-state index contributed by atoms with van der Waals surface area (Å²) in [4.78, 5) is 22.7. The molecule has 5 nitrogen and oxygen atoms in total. The SMILES string of the molecule is CCOC(=O)C(O)(c1ccccc1NC(C)=O)C(F)(F)F. The van der Waals surface area contributed by atoms with Crippen molar-refractivity contribution in [2.75, 3.05) is 11.9 Å². The summed E-state index contributed by atoms with van der Waals surface area (Å²) in [6.45, 7) is 2.07. The van der Waals surface area contributed by atoms with Crippen molar-refractivity contribution in [3.63, 3.8) is 0 Å². The standard InChI is InChI=1S/C13H14F3NO4/c1-3-21-11(19)12(20,13(14,15)16)9-6-4-5-7-10(9)17-8(2)18/h4-7,20H,3H2,1-2H3,(H,17,18). The van der Waals surface area contributed by atoms with Crippen molar-refractivity contribution in [2.45, 2.75) is 25.6 Å². The molecular weight excluding hydrogens is 291 g/mol. The summed E-state index contributed by atoms with van der Waals surface area (Å²) in [6, 6.07) is 4.61. The number of hydrogen-bond donors (Lipinski definition) is 2. The first-order valence-corrected chi connectivity index (χ1v) is 5.98. The Morgan fingerprint density at radius 1 is 1.29 bits per heavy atom. The maximum absolute atomic E-state index is 13.2. The van der Waals surface area contributed by atoms with Crippen molar-refractivity contribution >= 4 is 17.6 Å². The van der Waals surface area contributed by atoms with E-state index in [1.165, 1.54) is 19.1 Å². The molecule has 0 aliphatic rings. The molecule has 0 heterocycles. The Hall–Kier alpha value is -2.09. The number of alkyl halides is 3. The quantitative estimate of drug-likeness (QED) is 0.834. The van der Waals surface area contributed by atoms with Gasteiger partial charge in [-0.2, -0.15) is 13.2 Å². The summed E-state index contributed by atoms with van der Waals surface area (Å²) in [5.41, 5.74) is -4.98. The highest BCUT2D eigenvalue weighted by atomic mass is 19.4. The van der Waals surface area contributed by atoms with Gasteiger partial charge >= 0.3 is 12.1 Å². The van der Waals surface area contributed by atoms with Gasteiger partial charge in [0.15, 0.2) is 0 Å². The molecule has 8 heteroatoms. The highest BCUT2D eigenvalue weighted by Crippen LogP contribution is 2.42. The number of esters is 1. The van der Waals surface area contributed by atoms with Crippen LogP contribution >= 0.6 is 0 Å². The number of nitrogens with one attached hydrogen (secondary N) is 1. The zero-order valence-electron chi connectivity index (χ0n) is 11.3. The van der Waals surface area contributed by atoms with Crippen LogP contribution in [0.2, 0.25) is 0 Å². The lowest BCUT2D eigenvalue weighted by atomic mass is 9.91. The van der Waals surface area contributed by atoms with E-state index >= 15 is 0 Å². The molecule has 0 saturated heterocycles. The monoisotopic (exact) mass is 305 g/mol. The summed E-state index contributed by atoms with van der Waals surface area (Å²) in [7, 11) is 0. The van der Waals surface area contributed by atoms with Gasteiger partial charge in [0, 0.05) is 18.2 Å². The summed E-state index contributed by atoms with van der Waals surface area (Å²) >= 11 is 0. The highest BCUT2D eigenvalue weighted by molar-refractivity contribution is 5.92. The summed E-state index contributed by atoms with van der Waals surface area (Å²) in [6.07, 6.45) is -5.31. The van der Waals surface area contributed by atoms with E-state index in [4.69, 9.17) is 0 Å². The number of benzene rings is 1. The van der Waals surface area contributed by atoms with Crippen molar-refractivity contribution in [1.82, 2.24) is 0 Å². The molecule has 0 bridgehead atoms. The van der Waals surface area contributed by atoms with Crippen LogP contribution in [0.1, 0.15) is 19.4 Å². The fourth-order valence-corrected chi connectivity index (χ4v) is 1.71. The number of para-hydroxylation sites is 1. The van der Waals surface area contributed by atoms with Crippen LogP contribution in [0.3, 0.4) is 0 Å². The molecule has 0 radical (unpaired) electrons. The topological polar surface area (TPSA) is 75.6 Å². The Kier molecular flexibility index (Phi) is 4.95. The first kappa shape index (κ1) is 17.0. The number of halogens is 3. The second kappa shape index (κ2) is 6.13. The molecule has 2 N–H and O–H groups in total. The van der Waals surface area contributed by atoms with Crippen LogP contribution in [0, 0.1) is 0 Å². The van der Waals surface area contributed by atoms with E-state index in [0.717, 1.165) is 19.1 Å². The Bertz CT molecular complexity index is 544. The third-order valence-corrected chi connectivity index (χ3v) is 2.61. The molecule has 1 aromatic carbocycles. The molecular formula is C13H14F3NO4. The number of carbonyl (C=O) groups is 2. The molecule has 116 valence electrons. The molecule has 1 unspecified atom stereocenters. The maximum Gasteiger partial charge on any atom is 0.432 e. The average Bonchev–Trinajstić information content (AvgIpc) is 2.36. The van der Waals surface area contributed by atoms with Gasteiger partial charge in [-0.25, -0.2) is 4.79 Å². The molecule has 0 fully saturated rings. The summed E-state index contributed by atoms with van der Waals surface area (Å²) in [5.74, 6) is -2.49. The molecule has 1 aromatic rings. The van der Waals surface area contributed by atoms with Crippen LogP contribution < -0.4 is 5.32 Å². The van der Waals surface area contributed by atoms with Crippen molar-refractivity contribution in [2.24, 2.45) is 0 Å². The first-order valence-electron chi connectivity index (χ1n) is 5.98. The largest absolute Gasteiger partial charge is 0.463 e. The smallest absolute Gasteiger partial charge is 0.432 e. The third kappa shape index (κ3) is 3.33. The van der Waals surface area contributed by atoms with E-state index in [0.29, 0.717) is 0 Å². The van der Waals surface area contributed by atoms with Gasteiger partial charge in [-0.15, -0.1) is 0 Å². The molecule has 0 aromatic heterocycles. The van der Waals surface area contributed by atoms with Crippen LogP contribution in [0.25, 0.3) is 0 Å². The van der Waals surface area contributed by atoms with E-state index in [2.05, 4.69) is 10.1 Å². The van der Waals surface area contributed by atoms with Crippen LogP contribution in [-0.4, -0.2) is 29.8 Å². The van der Waals surface area contributed by atoms with Crippen molar-refractivity contribution in [1.29, 1.82) is 0 Å². The van der Waals surface area contributed by atoms with Gasteiger partial charge < -0.3 is 15.2 Å². The number of rotatable bonds is 4. The molecule has 0 aliphatic heterocycles. The number of anilines is 1. The van der Waals surface area contributed by atoms with Crippen LogP contribution in [0.15, 0.2) is 24.3 Å². The number of hydrogen-bond acceptors (Lipinski definition) is 4. The van der Waals surface area contributed by atoms with Gasteiger partial charge in [-0.05, 0) is 13.0 Å². The van der Waals surface area contributed by atoms with Gasteiger partial charge in [-0.3, -0.25) is 4.79 Å². The van der Waals surface area contributed by atoms with E-state index in [1.807, 2.05) is 0 Å². The predicted molar refractivity (Wildman–Crippen MR) is 67.3 cm³/mol. The highest BCUT2D eigenvalue weighted by Gasteiger charge is 2.63. The fraction of sp³-hybridized carbons (Fsp3) is 0.385. The predicted octanol–water partition coefficient (Wildman–Crippen LogP) is 1.96. The van der Waals surface area contributed by atoms with Gasteiger partial charge in [-0.1, -0.05) is 18.2 Å². The van der Waals surface area contributed by atoms with Gasteiger partial charge in [0.25, 0.3) is 5.60 Å². The molecule has 1 amide bonds. The van der Waals surface area contributed by atoms with E-state index < -0.39 is 29.2 Å². The van der Waals surface area contributed by atoms with E-state index in [-0.39, 0.29) is 12.3 Å². The summed E-state index contributed by atoms with van der Waals surface area (Å²) in [5, 5.41) is 12.1. The normalized spacial score (nSPS) is 14.2. The summed E-state index contributed by atoms with van der Waals surface area (Å²) < 4.78 is 44.0. The van der Waals surface area contributed by atoms with Gasteiger partial charge in [0.1, 0.15) is 0 Å². The van der Waals surface area contributed by atoms with Crippen LogP contribution in [-0.2, 0) is 19.9 Å². The van der Waals surface area contributed by atoms with Crippen molar-refractivity contribution < 1.29 is 32.6 Å². The first-order chi connectivity index (χ1) is 9.64. The second-order valence-electron chi connectivity index (χ2n) is 4.16. The number of ether oxygens (including phenoxy) is 1. The number of amides is 1. The zero-order chi connectivity index (χ0) is 16.3. The second-order valence-corrected chi connectivity index (χ2v) is 4.16. The lowest BCUT2D eigenvalue weighted by Gasteiger charge is -2.30. The molecule has 0 spiro atoms. The minimum Gasteiger partial charge on any atom is -0.463 e. The Balaban J connectivity index is 3.48. The lowest BCUT2D eigenvalue weighted by Crippen LogP contribution is -2.50. The minimum absolute atomic E-state index is 0.321. The fourth-order valence-electron chi connectivity index (χ4n) is 1.71. The van der Waals surface area contributed by atoms with Crippen LogP contribution in [0.5, 0.6) is 0 Å². The Labute approximate surface area is 118 Å².